The Morgan fingerprint density at radius 2 is 1.81 bits per heavy atom. The van der Waals surface area contributed by atoms with Crippen LogP contribution in [0.2, 0.25) is 0 Å². The van der Waals surface area contributed by atoms with Crippen LogP contribution >= 0.6 is 0 Å². The minimum absolute atomic E-state index is 0.0977. The van der Waals surface area contributed by atoms with Gasteiger partial charge in [0.2, 0.25) is 0 Å². The zero-order valence-corrected chi connectivity index (χ0v) is 11.4. The van der Waals surface area contributed by atoms with Crippen molar-refractivity contribution >= 4 is 15.9 Å². The molecule has 8 heteroatoms. The number of sulfonamides is 1. The van der Waals surface area contributed by atoms with Gasteiger partial charge in [0, 0.05) is 0 Å². The Bertz CT molecular complexity index is 777. The summed E-state index contributed by atoms with van der Waals surface area (Å²) < 4.78 is 36.7. The maximum Gasteiger partial charge on any atom is 0.269 e. The van der Waals surface area contributed by atoms with Crippen LogP contribution < -0.4 is 10.3 Å². The molecule has 0 aliphatic rings. The van der Waals surface area contributed by atoms with E-state index in [0.717, 1.165) is 12.1 Å². The Morgan fingerprint density at radius 1 is 1.10 bits per heavy atom. The van der Waals surface area contributed by atoms with E-state index in [1.807, 2.05) is 10.3 Å². The molecule has 0 atom stereocenters. The van der Waals surface area contributed by atoms with Crippen molar-refractivity contribution in [3.05, 3.63) is 59.9 Å². The van der Waals surface area contributed by atoms with Crippen molar-refractivity contribution in [3.63, 3.8) is 0 Å². The van der Waals surface area contributed by atoms with E-state index in [0.29, 0.717) is 0 Å². The summed E-state index contributed by atoms with van der Waals surface area (Å²) >= 11 is 0. The Morgan fingerprint density at radius 3 is 2.48 bits per heavy atom. The van der Waals surface area contributed by atoms with Gasteiger partial charge in [0.1, 0.15) is 11.6 Å². The zero-order chi connectivity index (χ0) is 15.5. The van der Waals surface area contributed by atoms with Gasteiger partial charge in [-0.05, 0) is 30.3 Å². The lowest BCUT2D eigenvalue weighted by molar-refractivity contribution is 0.0942. The summed E-state index contributed by atoms with van der Waals surface area (Å²) in [6, 6.07) is 9.95. The minimum atomic E-state index is -4.10. The maximum absolute atomic E-state index is 13.0. The SMILES string of the molecule is O=C(NNS(=O)(=O)c1cccc(F)c1)c1ccccc1O. The fourth-order valence-electron chi connectivity index (χ4n) is 1.54. The van der Waals surface area contributed by atoms with Crippen molar-refractivity contribution in [3.8, 4) is 5.75 Å². The highest BCUT2D eigenvalue weighted by atomic mass is 32.2. The predicted octanol–water partition coefficient (Wildman–Crippen LogP) is 1.15. The fraction of sp³-hybridized carbons (Fsp3) is 0. The van der Waals surface area contributed by atoms with Crippen LogP contribution in [0.4, 0.5) is 4.39 Å². The summed E-state index contributed by atoms with van der Waals surface area (Å²) in [5.74, 6) is -1.85. The number of hydrogen-bond acceptors (Lipinski definition) is 4. The number of phenolic OH excluding ortho intramolecular Hbond substituents is 1. The Hall–Kier alpha value is -2.45. The average Bonchev–Trinajstić information content (AvgIpc) is 2.45. The van der Waals surface area contributed by atoms with Gasteiger partial charge in [-0.15, -0.1) is 4.83 Å². The van der Waals surface area contributed by atoms with Gasteiger partial charge in [-0.2, -0.15) is 0 Å². The van der Waals surface area contributed by atoms with Gasteiger partial charge in [-0.1, -0.05) is 18.2 Å². The van der Waals surface area contributed by atoms with E-state index in [9.17, 15) is 22.7 Å². The van der Waals surface area contributed by atoms with E-state index < -0.39 is 21.7 Å². The molecule has 0 aliphatic carbocycles. The first-order chi connectivity index (χ1) is 9.90. The second-order valence-corrected chi connectivity index (χ2v) is 5.72. The number of hydrogen-bond donors (Lipinski definition) is 3. The van der Waals surface area contributed by atoms with Gasteiger partial charge in [0.05, 0.1) is 10.5 Å². The Balaban J connectivity index is 2.12. The molecule has 0 saturated carbocycles. The van der Waals surface area contributed by atoms with Crippen LogP contribution in [0.3, 0.4) is 0 Å². The molecule has 0 spiro atoms. The van der Waals surface area contributed by atoms with Crippen molar-refractivity contribution in [2.75, 3.05) is 0 Å². The van der Waals surface area contributed by atoms with Crippen molar-refractivity contribution in [1.29, 1.82) is 0 Å². The van der Waals surface area contributed by atoms with Gasteiger partial charge in [0.15, 0.2) is 0 Å². The molecule has 0 aromatic heterocycles. The molecule has 0 aliphatic heterocycles. The highest BCUT2D eigenvalue weighted by Crippen LogP contribution is 2.15. The average molecular weight is 310 g/mol. The van der Waals surface area contributed by atoms with Crippen LogP contribution in [0.15, 0.2) is 53.4 Å². The summed E-state index contributed by atoms with van der Waals surface area (Å²) in [5.41, 5.74) is 1.84. The maximum atomic E-state index is 13.0. The largest absolute Gasteiger partial charge is 0.507 e. The van der Waals surface area contributed by atoms with E-state index in [-0.39, 0.29) is 16.2 Å². The number of para-hydroxylation sites is 1. The van der Waals surface area contributed by atoms with Crippen LogP contribution in [0.5, 0.6) is 5.75 Å². The molecule has 110 valence electrons. The number of halogens is 1. The topological polar surface area (TPSA) is 95.5 Å². The molecule has 1 amide bonds. The molecule has 21 heavy (non-hydrogen) atoms. The van der Waals surface area contributed by atoms with E-state index in [1.165, 1.54) is 36.4 Å². The van der Waals surface area contributed by atoms with E-state index >= 15 is 0 Å². The Labute approximate surface area is 120 Å². The number of carbonyl (C=O) groups is 1. The third-order valence-electron chi connectivity index (χ3n) is 2.55. The lowest BCUT2D eigenvalue weighted by atomic mass is 10.2. The van der Waals surface area contributed by atoms with E-state index in [4.69, 9.17) is 0 Å². The van der Waals surface area contributed by atoms with Crippen molar-refractivity contribution in [2.45, 2.75) is 4.90 Å². The van der Waals surface area contributed by atoms with Gasteiger partial charge in [0.25, 0.3) is 15.9 Å². The molecule has 2 rings (SSSR count). The second-order valence-electron chi connectivity index (χ2n) is 4.03. The third-order valence-corrected chi connectivity index (χ3v) is 3.80. The Kier molecular flexibility index (Phi) is 4.20. The van der Waals surface area contributed by atoms with E-state index in [2.05, 4.69) is 0 Å². The summed E-state index contributed by atoms with van der Waals surface area (Å²) in [6.07, 6.45) is 0. The highest BCUT2D eigenvalue weighted by molar-refractivity contribution is 7.89. The lowest BCUT2D eigenvalue weighted by Crippen LogP contribution is -2.41. The predicted molar refractivity (Wildman–Crippen MR) is 72.3 cm³/mol. The van der Waals surface area contributed by atoms with Crippen LogP contribution in [-0.4, -0.2) is 19.4 Å². The van der Waals surface area contributed by atoms with Crippen LogP contribution in [0.1, 0.15) is 10.4 Å². The normalized spacial score (nSPS) is 11.1. The molecule has 6 nitrogen and oxygen atoms in total. The summed E-state index contributed by atoms with van der Waals surface area (Å²) in [6.45, 7) is 0. The van der Waals surface area contributed by atoms with Gasteiger partial charge < -0.3 is 5.11 Å². The third kappa shape index (κ3) is 3.56. The molecule has 0 unspecified atom stereocenters. The summed E-state index contributed by atoms with van der Waals surface area (Å²) in [7, 11) is -4.10. The second kappa shape index (κ2) is 5.90. The first-order valence-electron chi connectivity index (χ1n) is 5.76. The molecule has 0 radical (unpaired) electrons. The number of amides is 1. The number of phenols is 1. The molecule has 3 N–H and O–H groups in total. The molecule has 0 fully saturated rings. The quantitative estimate of drug-likeness (QED) is 0.738. The van der Waals surface area contributed by atoms with Crippen LogP contribution in [0, 0.1) is 5.82 Å². The fourth-order valence-corrected chi connectivity index (χ4v) is 2.41. The van der Waals surface area contributed by atoms with Crippen molar-refractivity contribution in [2.24, 2.45) is 0 Å². The first kappa shape index (κ1) is 14.9. The summed E-state index contributed by atoms with van der Waals surface area (Å²) in [4.78, 5) is 13.2. The van der Waals surface area contributed by atoms with Gasteiger partial charge in [-0.3, -0.25) is 10.2 Å². The molecule has 0 bridgehead atoms. The van der Waals surface area contributed by atoms with Gasteiger partial charge >= 0.3 is 0 Å². The van der Waals surface area contributed by atoms with Crippen molar-refractivity contribution in [1.82, 2.24) is 10.3 Å². The number of benzene rings is 2. The van der Waals surface area contributed by atoms with Crippen LogP contribution in [0.25, 0.3) is 0 Å². The van der Waals surface area contributed by atoms with Crippen molar-refractivity contribution < 1.29 is 22.7 Å². The smallest absolute Gasteiger partial charge is 0.269 e. The number of hydrazine groups is 1. The molecule has 0 saturated heterocycles. The molecule has 2 aromatic rings. The highest BCUT2D eigenvalue weighted by Gasteiger charge is 2.17. The number of nitrogens with one attached hydrogen (secondary N) is 2. The number of rotatable bonds is 4. The first-order valence-corrected chi connectivity index (χ1v) is 7.24. The lowest BCUT2D eigenvalue weighted by Gasteiger charge is -2.09. The minimum Gasteiger partial charge on any atom is -0.507 e. The molecular formula is C13H11FN2O4S. The molecule has 2 aromatic carbocycles. The molecular weight excluding hydrogens is 299 g/mol. The molecule has 0 heterocycles. The van der Waals surface area contributed by atoms with Crippen LogP contribution in [-0.2, 0) is 10.0 Å². The van der Waals surface area contributed by atoms with Gasteiger partial charge in [-0.25, -0.2) is 12.8 Å². The zero-order valence-electron chi connectivity index (χ0n) is 10.6. The standard InChI is InChI=1S/C13H11FN2O4S/c14-9-4-3-5-10(8-9)21(19,20)16-15-13(18)11-6-1-2-7-12(11)17/h1-8,16-17H,(H,15,18). The summed E-state index contributed by atoms with van der Waals surface area (Å²) in [5, 5.41) is 9.48. The number of carbonyl (C=O) groups excluding carboxylic acids is 1. The monoisotopic (exact) mass is 310 g/mol. The number of aromatic hydroxyl groups is 1. The van der Waals surface area contributed by atoms with E-state index in [1.54, 1.807) is 0 Å².